The van der Waals surface area contributed by atoms with Crippen LogP contribution in [-0.4, -0.2) is 23.4 Å². The number of carbonyl (C=O) groups is 2. The molecule has 1 N–H and O–H groups in total. The smallest absolute Gasteiger partial charge is 0.272 e. The number of hydrogen-bond acceptors (Lipinski definition) is 6. The number of thiophene rings is 1. The van der Waals surface area contributed by atoms with Crippen LogP contribution >= 0.6 is 22.7 Å². The molecule has 6 rings (SSSR count). The van der Waals surface area contributed by atoms with E-state index in [1.165, 1.54) is 22.7 Å². The Bertz CT molecular complexity index is 1750. The number of likely N-dealkylation sites (N-methyl/N-ethyl adjacent to an activating group) is 1. The van der Waals surface area contributed by atoms with Gasteiger partial charge < -0.3 is 10.2 Å². The number of benzene rings is 2. The maximum atomic E-state index is 14.0. The number of nitrogens with zero attached hydrogens (tertiary/aromatic N) is 3. The maximum Gasteiger partial charge on any atom is 0.272 e. The lowest BCUT2D eigenvalue weighted by Crippen LogP contribution is -2.41. The number of nitrogens with one attached hydrogen (secondary N) is 1. The Morgan fingerprint density at radius 3 is 2.50 bits per heavy atom. The quantitative estimate of drug-likeness (QED) is 0.457. The van der Waals surface area contributed by atoms with Crippen molar-refractivity contribution in [3.63, 3.8) is 0 Å². The number of anilines is 2. The summed E-state index contributed by atoms with van der Waals surface area (Å²) < 4.78 is 1.88. The van der Waals surface area contributed by atoms with E-state index in [2.05, 4.69) is 10.3 Å². The molecule has 4 heterocycles. The lowest BCUT2D eigenvalue weighted by molar-refractivity contribution is -0.113. The molecule has 2 aliphatic rings. The van der Waals surface area contributed by atoms with Gasteiger partial charge in [-0.3, -0.25) is 19.0 Å². The fourth-order valence-corrected chi connectivity index (χ4v) is 6.65. The normalized spacial score (nSPS) is 18.1. The van der Waals surface area contributed by atoms with Gasteiger partial charge in [0, 0.05) is 23.2 Å². The van der Waals surface area contributed by atoms with Crippen molar-refractivity contribution in [1.29, 1.82) is 0 Å². The molecule has 2 aromatic heterocycles. The molecule has 0 spiro atoms. The van der Waals surface area contributed by atoms with E-state index in [0.717, 1.165) is 16.1 Å². The van der Waals surface area contributed by atoms with E-state index in [1.807, 2.05) is 72.1 Å². The third-order valence-electron chi connectivity index (χ3n) is 6.37. The second kappa shape index (κ2) is 8.54. The van der Waals surface area contributed by atoms with Gasteiger partial charge in [-0.15, -0.1) is 11.3 Å². The van der Waals surface area contributed by atoms with Gasteiger partial charge in [-0.1, -0.05) is 53.8 Å². The summed E-state index contributed by atoms with van der Waals surface area (Å²) >= 11 is 2.66. The van der Waals surface area contributed by atoms with Gasteiger partial charge in [0.25, 0.3) is 17.4 Å². The van der Waals surface area contributed by atoms with E-state index in [0.29, 0.717) is 31.9 Å². The van der Waals surface area contributed by atoms with Crippen molar-refractivity contribution in [3.8, 4) is 0 Å². The number of para-hydroxylation sites is 2. The summed E-state index contributed by atoms with van der Waals surface area (Å²) in [6, 6.07) is 19.8. The Labute approximate surface area is 214 Å². The Morgan fingerprint density at radius 1 is 1.00 bits per heavy atom. The van der Waals surface area contributed by atoms with E-state index in [4.69, 9.17) is 0 Å². The van der Waals surface area contributed by atoms with Gasteiger partial charge in [-0.2, -0.15) is 0 Å². The largest absolute Gasteiger partial charge is 0.322 e. The van der Waals surface area contributed by atoms with Crippen LogP contribution in [0.25, 0.3) is 5.57 Å². The first-order valence-electron chi connectivity index (χ1n) is 11.3. The Kier molecular flexibility index (Phi) is 5.31. The van der Waals surface area contributed by atoms with Crippen LogP contribution in [0.5, 0.6) is 0 Å². The Morgan fingerprint density at radius 2 is 1.75 bits per heavy atom. The first kappa shape index (κ1) is 22.4. The molecule has 0 unspecified atom stereocenters. The molecule has 0 bridgehead atoms. The topological polar surface area (TPSA) is 83.8 Å². The number of fused-ring (bicyclic) bond motifs is 2. The molecule has 2 aliphatic heterocycles. The van der Waals surface area contributed by atoms with Crippen LogP contribution in [0, 0.1) is 0 Å². The number of aromatic nitrogens is 1. The molecule has 0 saturated heterocycles. The SMILES string of the molecule is CC1=C(C(=O)Nc2ccccc2)[C@@H](c2cccs2)n2c(s/c(=C3\C(=O)N(C)c4ccccc43)c2=O)=N1. The minimum Gasteiger partial charge on any atom is -0.322 e. The van der Waals surface area contributed by atoms with Gasteiger partial charge >= 0.3 is 0 Å². The summed E-state index contributed by atoms with van der Waals surface area (Å²) in [5, 5.41) is 4.86. The number of rotatable bonds is 3. The number of amides is 2. The van der Waals surface area contributed by atoms with Crippen LogP contribution in [0.4, 0.5) is 11.4 Å². The molecule has 2 amide bonds. The predicted octanol–water partition coefficient (Wildman–Crippen LogP) is 3.28. The minimum absolute atomic E-state index is 0.230. The van der Waals surface area contributed by atoms with Crippen LogP contribution < -0.4 is 25.1 Å². The van der Waals surface area contributed by atoms with Crippen LogP contribution in [-0.2, 0) is 9.59 Å². The molecule has 178 valence electrons. The Hall–Kier alpha value is -4.08. The van der Waals surface area contributed by atoms with Gasteiger partial charge in [0.1, 0.15) is 10.6 Å². The highest BCUT2D eigenvalue weighted by Crippen LogP contribution is 2.35. The molecule has 4 aromatic rings. The van der Waals surface area contributed by atoms with Crippen molar-refractivity contribution in [2.24, 2.45) is 4.99 Å². The average molecular weight is 513 g/mol. The van der Waals surface area contributed by atoms with E-state index < -0.39 is 6.04 Å². The van der Waals surface area contributed by atoms with E-state index in [9.17, 15) is 14.4 Å². The third-order valence-corrected chi connectivity index (χ3v) is 8.34. The molecule has 1 atom stereocenters. The van der Waals surface area contributed by atoms with Gasteiger partial charge in [-0.25, -0.2) is 4.99 Å². The van der Waals surface area contributed by atoms with E-state index in [1.54, 1.807) is 23.4 Å². The molecular formula is C27H20N4O3S2. The summed E-state index contributed by atoms with van der Waals surface area (Å²) in [5.41, 5.74) is 3.12. The monoisotopic (exact) mass is 512 g/mol. The molecule has 36 heavy (non-hydrogen) atoms. The van der Waals surface area contributed by atoms with Crippen LogP contribution in [0.3, 0.4) is 0 Å². The number of allylic oxidation sites excluding steroid dienone is 1. The molecule has 0 radical (unpaired) electrons. The first-order chi connectivity index (χ1) is 17.5. The lowest BCUT2D eigenvalue weighted by Gasteiger charge is -2.24. The fourth-order valence-electron chi connectivity index (χ4n) is 4.69. The summed E-state index contributed by atoms with van der Waals surface area (Å²) in [4.78, 5) is 48.3. The number of hydrogen-bond donors (Lipinski definition) is 1. The van der Waals surface area contributed by atoms with Crippen molar-refractivity contribution in [3.05, 3.63) is 114 Å². The molecule has 2 aromatic carbocycles. The highest BCUT2D eigenvalue weighted by molar-refractivity contribution is 7.10. The van der Waals surface area contributed by atoms with E-state index >= 15 is 0 Å². The molecular weight excluding hydrogens is 492 g/mol. The van der Waals surface area contributed by atoms with Crippen molar-refractivity contribution in [2.75, 3.05) is 17.3 Å². The second-order valence-electron chi connectivity index (χ2n) is 8.49. The van der Waals surface area contributed by atoms with E-state index in [-0.39, 0.29) is 17.4 Å². The zero-order chi connectivity index (χ0) is 25.0. The lowest BCUT2D eigenvalue weighted by atomic mass is 10.0. The molecule has 9 heteroatoms. The summed E-state index contributed by atoms with van der Waals surface area (Å²) in [7, 11) is 1.70. The fraction of sp³-hybridized carbons (Fsp3) is 0.111. The van der Waals surface area contributed by atoms with Crippen LogP contribution in [0.15, 0.2) is 93.2 Å². The highest BCUT2D eigenvalue weighted by Gasteiger charge is 2.36. The minimum atomic E-state index is -0.649. The van der Waals surface area contributed by atoms with Gasteiger partial charge in [-0.05, 0) is 36.6 Å². The number of carbonyl (C=O) groups excluding carboxylic acids is 2. The van der Waals surface area contributed by atoms with Crippen molar-refractivity contribution >= 4 is 51.4 Å². The average Bonchev–Trinajstić information content (AvgIpc) is 3.58. The van der Waals surface area contributed by atoms with Gasteiger partial charge in [0.15, 0.2) is 4.80 Å². The highest BCUT2D eigenvalue weighted by atomic mass is 32.1. The Balaban J connectivity index is 1.58. The summed E-state index contributed by atoms with van der Waals surface area (Å²) in [6.45, 7) is 1.78. The molecule has 0 aliphatic carbocycles. The molecule has 0 fully saturated rings. The zero-order valence-electron chi connectivity index (χ0n) is 19.4. The van der Waals surface area contributed by atoms with Crippen molar-refractivity contribution in [1.82, 2.24) is 4.57 Å². The standard InChI is InChI=1S/C27H20N4O3S2/c1-15-20(24(32)29-16-9-4-3-5-10-16)22(19-13-8-14-35-19)31-26(34)23(36-27(31)28-15)21-17-11-6-7-12-18(17)30(2)25(21)33/h3-14,22H,1-2H3,(H,29,32)/b23-21-/t22-/m1/s1. The second-order valence-corrected chi connectivity index (χ2v) is 10.5. The third kappa shape index (κ3) is 3.39. The number of thiazole rings is 1. The molecule has 7 nitrogen and oxygen atoms in total. The molecule has 0 saturated carbocycles. The maximum absolute atomic E-state index is 14.0. The summed E-state index contributed by atoms with van der Waals surface area (Å²) in [6.07, 6.45) is 0. The van der Waals surface area contributed by atoms with Crippen LogP contribution in [0.1, 0.15) is 23.4 Å². The first-order valence-corrected chi connectivity index (χ1v) is 13.0. The summed E-state index contributed by atoms with van der Waals surface area (Å²) in [5.74, 6) is -0.548. The van der Waals surface area contributed by atoms with Crippen molar-refractivity contribution in [2.45, 2.75) is 13.0 Å². The zero-order valence-corrected chi connectivity index (χ0v) is 21.0. The van der Waals surface area contributed by atoms with Crippen molar-refractivity contribution < 1.29 is 9.59 Å². The predicted molar refractivity (Wildman–Crippen MR) is 142 cm³/mol. The van der Waals surface area contributed by atoms with Crippen LogP contribution in [0.2, 0.25) is 0 Å². The van der Waals surface area contributed by atoms with Gasteiger partial charge in [0.05, 0.1) is 22.5 Å². The van der Waals surface area contributed by atoms with Gasteiger partial charge in [0.2, 0.25) is 0 Å².